The van der Waals surface area contributed by atoms with Gasteiger partial charge in [-0.15, -0.1) is 0 Å². The molecule has 5 nitrogen and oxygen atoms in total. The fourth-order valence-corrected chi connectivity index (χ4v) is 2.63. The van der Waals surface area contributed by atoms with Gasteiger partial charge in [0.1, 0.15) is 5.82 Å². The maximum absolute atomic E-state index is 11.7. The Morgan fingerprint density at radius 2 is 1.62 bits per heavy atom. The molecule has 0 atom stereocenters. The van der Waals surface area contributed by atoms with Crippen molar-refractivity contribution in [1.29, 1.82) is 0 Å². The third kappa shape index (κ3) is 2.63. The van der Waals surface area contributed by atoms with Gasteiger partial charge in [0.05, 0.1) is 11.4 Å². The Kier molecular flexibility index (Phi) is 3.51. The average molecular weight is 314 g/mol. The van der Waals surface area contributed by atoms with Crippen LogP contribution in [0.2, 0.25) is 0 Å². The fourth-order valence-electron chi connectivity index (χ4n) is 2.63. The minimum Gasteiger partial charge on any atom is -0.337 e. The summed E-state index contributed by atoms with van der Waals surface area (Å²) in [5, 5.41) is 0. The zero-order chi connectivity index (χ0) is 16.4. The lowest BCUT2D eigenvalue weighted by atomic mass is 10.1. The first-order valence-corrected chi connectivity index (χ1v) is 7.56. The molecule has 0 saturated carbocycles. The highest BCUT2D eigenvalue weighted by Crippen LogP contribution is 2.31. The average Bonchev–Trinajstić information content (AvgIpc) is 3.09. The zero-order valence-corrected chi connectivity index (χ0v) is 12.7. The van der Waals surface area contributed by atoms with Crippen molar-refractivity contribution in [3.63, 3.8) is 0 Å². The van der Waals surface area contributed by atoms with E-state index in [-0.39, 0.29) is 5.56 Å². The SMILES string of the molecule is O=c1cc(-c2[nH]c(-c3ccccc3)nc2-c2ccncc2)cc[nH]1. The second-order valence-electron chi connectivity index (χ2n) is 5.35. The Bertz CT molecular complexity index is 1020. The van der Waals surface area contributed by atoms with Crippen molar-refractivity contribution < 1.29 is 0 Å². The Balaban J connectivity index is 1.94. The molecule has 0 saturated heterocycles. The standard InChI is InChI=1S/C19H14N4O/c24-16-12-15(8-11-21-16)18-17(13-6-9-20-10-7-13)22-19(23-18)14-4-2-1-3-5-14/h1-12H,(H,21,24)(H,22,23). The topological polar surface area (TPSA) is 74.4 Å². The number of nitrogens with one attached hydrogen (secondary N) is 2. The summed E-state index contributed by atoms with van der Waals surface area (Å²) in [5.41, 5.74) is 4.18. The van der Waals surface area contributed by atoms with Crippen molar-refractivity contribution in [2.45, 2.75) is 0 Å². The van der Waals surface area contributed by atoms with Crippen LogP contribution in [0.25, 0.3) is 33.9 Å². The summed E-state index contributed by atoms with van der Waals surface area (Å²) in [6.45, 7) is 0. The molecule has 0 amide bonds. The van der Waals surface area contributed by atoms with E-state index in [1.54, 1.807) is 24.7 Å². The number of aromatic nitrogens is 4. The quantitative estimate of drug-likeness (QED) is 0.608. The molecular weight excluding hydrogens is 300 g/mol. The predicted octanol–water partition coefficient (Wildman–Crippen LogP) is 3.49. The van der Waals surface area contributed by atoms with E-state index in [4.69, 9.17) is 4.98 Å². The molecule has 3 aromatic heterocycles. The molecular formula is C19H14N4O. The number of aromatic amines is 2. The molecule has 4 aromatic rings. The van der Waals surface area contributed by atoms with Crippen LogP contribution < -0.4 is 5.56 Å². The van der Waals surface area contributed by atoms with Crippen LogP contribution in [-0.4, -0.2) is 19.9 Å². The molecule has 0 fully saturated rings. The van der Waals surface area contributed by atoms with Crippen LogP contribution in [0, 0.1) is 0 Å². The van der Waals surface area contributed by atoms with E-state index in [2.05, 4.69) is 15.0 Å². The van der Waals surface area contributed by atoms with Crippen molar-refractivity contribution in [3.05, 3.63) is 83.5 Å². The molecule has 0 radical (unpaired) electrons. The van der Waals surface area contributed by atoms with Gasteiger partial charge in [0.25, 0.3) is 0 Å². The number of imidazole rings is 1. The Morgan fingerprint density at radius 1 is 0.833 bits per heavy atom. The summed E-state index contributed by atoms with van der Waals surface area (Å²) in [6.07, 6.45) is 5.10. The van der Waals surface area contributed by atoms with Gasteiger partial charge in [0, 0.05) is 41.3 Å². The number of hydrogen-bond acceptors (Lipinski definition) is 3. The molecule has 0 spiro atoms. The van der Waals surface area contributed by atoms with Crippen LogP contribution in [-0.2, 0) is 0 Å². The Hall–Kier alpha value is -3.47. The number of benzene rings is 1. The van der Waals surface area contributed by atoms with Crippen molar-refractivity contribution in [3.8, 4) is 33.9 Å². The highest BCUT2D eigenvalue weighted by molar-refractivity contribution is 5.80. The molecule has 5 heteroatoms. The molecule has 1 aromatic carbocycles. The molecule has 0 aliphatic carbocycles. The third-order valence-corrected chi connectivity index (χ3v) is 3.77. The van der Waals surface area contributed by atoms with Gasteiger partial charge in [0.15, 0.2) is 0 Å². The van der Waals surface area contributed by atoms with Gasteiger partial charge in [-0.3, -0.25) is 9.78 Å². The monoisotopic (exact) mass is 314 g/mol. The molecule has 4 rings (SSSR count). The normalized spacial score (nSPS) is 10.7. The number of H-pyrrole nitrogens is 2. The fraction of sp³-hybridized carbons (Fsp3) is 0. The van der Waals surface area contributed by atoms with E-state index in [0.717, 1.165) is 33.9 Å². The highest BCUT2D eigenvalue weighted by atomic mass is 16.1. The predicted molar refractivity (Wildman–Crippen MR) is 93.3 cm³/mol. The van der Waals surface area contributed by atoms with E-state index in [0.29, 0.717) is 0 Å². The van der Waals surface area contributed by atoms with Gasteiger partial charge < -0.3 is 9.97 Å². The van der Waals surface area contributed by atoms with Gasteiger partial charge in [-0.1, -0.05) is 30.3 Å². The van der Waals surface area contributed by atoms with E-state index < -0.39 is 0 Å². The minimum absolute atomic E-state index is 0.149. The number of rotatable bonds is 3. The lowest BCUT2D eigenvalue weighted by Crippen LogP contribution is -2.02. The summed E-state index contributed by atoms with van der Waals surface area (Å²) in [6, 6.07) is 17.1. The second kappa shape index (κ2) is 5.96. The van der Waals surface area contributed by atoms with Crippen LogP contribution in [0.4, 0.5) is 0 Å². The largest absolute Gasteiger partial charge is 0.337 e. The summed E-state index contributed by atoms with van der Waals surface area (Å²) >= 11 is 0. The van der Waals surface area contributed by atoms with E-state index in [1.165, 1.54) is 0 Å². The highest BCUT2D eigenvalue weighted by Gasteiger charge is 2.15. The van der Waals surface area contributed by atoms with Crippen molar-refractivity contribution in [2.24, 2.45) is 0 Å². The van der Waals surface area contributed by atoms with Gasteiger partial charge >= 0.3 is 0 Å². The van der Waals surface area contributed by atoms with Gasteiger partial charge in [0.2, 0.25) is 5.56 Å². The van der Waals surface area contributed by atoms with Crippen LogP contribution in [0.5, 0.6) is 0 Å². The molecule has 0 aliphatic heterocycles. The first-order valence-electron chi connectivity index (χ1n) is 7.56. The molecule has 0 aliphatic rings. The van der Waals surface area contributed by atoms with Crippen molar-refractivity contribution in [1.82, 2.24) is 19.9 Å². The van der Waals surface area contributed by atoms with Crippen molar-refractivity contribution in [2.75, 3.05) is 0 Å². The maximum Gasteiger partial charge on any atom is 0.248 e. The first kappa shape index (κ1) is 14.1. The molecule has 0 bridgehead atoms. The molecule has 116 valence electrons. The van der Waals surface area contributed by atoms with E-state index in [1.807, 2.05) is 48.5 Å². The zero-order valence-electron chi connectivity index (χ0n) is 12.7. The van der Waals surface area contributed by atoms with Crippen LogP contribution >= 0.6 is 0 Å². The smallest absolute Gasteiger partial charge is 0.248 e. The lowest BCUT2D eigenvalue weighted by molar-refractivity contribution is 1.23. The summed E-state index contributed by atoms with van der Waals surface area (Å²) in [4.78, 5) is 26.5. The van der Waals surface area contributed by atoms with Gasteiger partial charge in [-0.25, -0.2) is 4.98 Å². The summed E-state index contributed by atoms with van der Waals surface area (Å²) < 4.78 is 0. The van der Waals surface area contributed by atoms with Crippen LogP contribution in [0.3, 0.4) is 0 Å². The third-order valence-electron chi connectivity index (χ3n) is 3.77. The maximum atomic E-state index is 11.7. The minimum atomic E-state index is -0.149. The van der Waals surface area contributed by atoms with Gasteiger partial charge in [-0.2, -0.15) is 0 Å². The lowest BCUT2D eigenvalue weighted by Gasteiger charge is -2.02. The molecule has 3 heterocycles. The van der Waals surface area contributed by atoms with Crippen molar-refractivity contribution >= 4 is 0 Å². The molecule has 2 N–H and O–H groups in total. The second-order valence-corrected chi connectivity index (χ2v) is 5.35. The van der Waals surface area contributed by atoms with Crippen LogP contribution in [0.15, 0.2) is 78.0 Å². The van der Waals surface area contributed by atoms with E-state index in [9.17, 15) is 4.79 Å². The Morgan fingerprint density at radius 3 is 2.38 bits per heavy atom. The molecule has 0 unspecified atom stereocenters. The summed E-state index contributed by atoms with van der Waals surface area (Å²) in [5.74, 6) is 0.762. The Labute approximate surface area is 138 Å². The van der Waals surface area contributed by atoms with Gasteiger partial charge in [-0.05, 0) is 18.2 Å². The molecule has 24 heavy (non-hydrogen) atoms. The summed E-state index contributed by atoms with van der Waals surface area (Å²) in [7, 11) is 0. The van der Waals surface area contributed by atoms with Crippen LogP contribution in [0.1, 0.15) is 0 Å². The number of pyridine rings is 2. The van der Waals surface area contributed by atoms with E-state index >= 15 is 0 Å². The number of nitrogens with zero attached hydrogens (tertiary/aromatic N) is 2. The number of hydrogen-bond donors (Lipinski definition) is 2. The first-order chi connectivity index (χ1) is 11.8.